The Morgan fingerprint density at radius 2 is 1.95 bits per heavy atom. The Labute approximate surface area is 122 Å². The molecule has 0 aliphatic carbocycles. The second kappa shape index (κ2) is 5.66. The highest BCUT2D eigenvalue weighted by atomic mass is 16.5. The van der Waals surface area contributed by atoms with Crippen molar-refractivity contribution in [3.8, 4) is 17.2 Å². The molecule has 0 unspecified atom stereocenters. The number of anilines is 1. The third kappa shape index (κ3) is 3.02. The van der Waals surface area contributed by atoms with E-state index in [-0.39, 0.29) is 0 Å². The van der Waals surface area contributed by atoms with Crippen LogP contribution < -0.4 is 10.5 Å². The van der Waals surface area contributed by atoms with Gasteiger partial charge in [-0.25, -0.2) is 0 Å². The highest BCUT2D eigenvalue weighted by molar-refractivity contribution is 5.56. The lowest BCUT2D eigenvalue weighted by Crippen LogP contribution is -1.92. The molecule has 0 fully saturated rings. The van der Waals surface area contributed by atoms with E-state index < -0.39 is 0 Å². The van der Waals surface area contributed by atoms with Gasteiger partial charge in [-0.2, -0.15) is 4.98 Å². The fourth-order valence-electron chi connectivity index (χ4n) is 2.03. The monoisotopic (exact) mass is 281 g/mol. The Balaban J connectivity index is 1.80. The standard InChI is InChI=1S/C16H15N3O2/c1-20-14-4-2-3-11(9-14)10-15-18-16(21-19-15)12-5-7-13(17)8-6-12/h2-9H,10,17H2,1H3. The van der Waals surface area contributed by atoms with E-state index in [0.717, 1.165) is 16.9 Å². The molecule has 0 saturated carbocycles. The number of methoxy groups -OCH3 is 1. The van der Waals surface area contributed by atoms with Crippen LogP contribution in [0.2, 0.25) is 0 Å². The SMILES string of the molecule is COc1cccc(Cc2noc(-c3ccc(N)cc3)n2)c1. The molecule has 2 aromatic carbocycles. The molecule has 2 N–H and O–H groups in total. The van der Waals surface area contributed by atoms with Crippen molar-refractivity contribution in [3.05, 3.63) is 59.9 Å². The molecule has 0 amide bonds. The first kappa shape index (κ1) is 13.2. The van der Waals surface area contributed by atoms with Crippen molar-refractivity contribution in [3.63, 3.8) is 0 Å². The largest absolute Gasteiger partial charge is 0.497 e. The molecule has 0 spiro atoms. The fourth-order valence-corrected chi connectivity index (χ4v) is 2.03. The number of benzene rings is 2. The van der Waals surface area contributed by atoms with E-state index in [0.29, 0.717) is 23.8 Å². The van der Waals surface area contributed by atoms with Gasteiger partial charge >= 0.3 is 0 Å². The van der Waals surface area contributed by atoms with E-state index in [1.54, 1.807) is 19.2 Å². The summed E-state index contributed by atoms with van der Waals surface area (Å²) in [6.45, 7) is 0. The molecule has 0 bridgehead atoms. The summed E-state index contributed by atoms with van der Waals surface area (Å²) in [5, 5.41) is 4.01. The maximum Gasteiger partial charge on any atom is 0.257 e. The van der Waals surface area contributed by atoms with Gasteiger partial charge in [0.05, 0.1) is 7.11 Å². The summed E-state index contributed by atoms with van der Waals surface area (Å²) in [6.07, 6.45) is 0.593. The first-order valence-corrected chi connectivity index (χ1v) is 6.56. The van der Waals surface area contributed by atoms with Gasteiger partial charge in [0, 0.05) is 17.7 Å². The van der Waals surface area contributed by atoms with Crippen LogP contribution in [0.15, 0.2) is 53.1 Å². The molecule has 106 valence electrons. The Hall–Kier alpha value is -2.82. The van der Waals surface area contributed by atoms with E-state index in [1.807, 2.05) is 36.4 Å². The van der Waals surface area contributed by atoms with Crippen LogP contribution in [0.5, 0.6) is 5.75 Å². The lowest BCUT2D eigenvalue weighted by atomic mass is 10.1. The number of rotatable bonds is 4. The number of aromatic nitrogens is 2. The molecule has 1 aromatic heterocycles. The minimum atomic E-state index is 0.493. The quantitative estimate of drug-likeness (QED) is 0.744. The number of ether oxygens (including phenoxy) is 1. The molecule has 1 heterocycles. The molecular weight excluding hydrogens is 266 g/mol. The van der Waals surface area contributed by atoms with Crippen molar-refractivity contribution in [1.82, 2.24) is 10.1 Å². The van der Waals surface area contributed by atoms with Gasteiger partial charge in [-0.1, -0.05) is 17.3 Å². The molecule has 0 saturated heterocycles. The van der Waals surface area contributed by atoms with Crippen LogP contribution in [0.4, 0.5) is 5.69 Å². The number of nitrogens with two attached hydrogens (primary N) is 1. The van der Waals surface area contributed by atoms with E-state index in [4.69, 9.17) is 15.0 Å². The molecule has 3 rings (SSSR count). The Bertz CT molecular complexity index is 735. The molecule has 3 aromatic rings. The minimum absolute atomic E-state index is 0.493. The lowest BCUT2D eigenvalue weighted by Gasteiger charge is -2.01. The van der Waals surface area contributed by atoms with Crippen LogP contribution in [-0.4, -0.2) is 17.3 Å². The van der Waals surface area contributed by atoms with Gasteiger partial charge in [0.1, 0.15) is 5.75 Å². The van der Waals surface area contributed by atoms with Crippen LogP contribution in [0.25, 0.3) is 11.5 Å². The van der Waals surface area contributed by atoms with E-state index in [2.05, 4.69) is 10.1 Å². The minimum Gasteiger partial charge on any atom is -0.497 e. The second-order valence-electron chi connectivity index (χ2n) is 4.67. The predicted molar refractivity (Wildman–Crippen MR) is 79.9 cm³/mol. The van der Waals surface area contributed by atoms with Crippen LogP contribution in [0.1, 0.15) is 11.4 Å². The zero-order chi connectivity index (χ0) is 14.7. The second-order valence-corrected chi connectivity index (χ2v) is 4.67. The lowest BCUT2D eigenvalue weighted by molar-refractivity contribution is 0.414. The van der Waals surface area contributed by atoms with Crippen molar-refractivity contribution in [2.75, 3.05) is 12.8 Å². The molecular formula is C16H15N3O2. The van der Waals surface area contributed by atoms with Crippen LogP contribution in [0.3, 0.4) is 0 Å². The maximum atomic E-state index is 5.66. The highest BCUT2D eigenvalue weighted by Gasteiger charge is 2.09. The van der Waals surface area contributed by atoms with Crippen molar-refractivity contribution < 1.29 is 9.26 Å². The van der Waals surface area contributed by atoms with Crippen molar-refractivity contribution in [2.24, 2.45) is 0 Å². The third-order valence-electron chi connectivity index (χ3n) is 3.12. The average Bonchev–Trinajstić information content (AvgIpc) is 2.96. The van der Waals surface area contributed by atoms with Gasteiger partial charge in [0.2, 0.25) is 0 Å². The van der Waals surface area contributed by atoms with E-state index in [9.17, 15) is 0 Å². The number of hydrogen-bond acceptors (Lipinski definition) is 5. The van der Waals surface area contributed by atoms with Gasteiger partial charge in [-0.3, -0.25) is 0 Å². The maximum absolute atomic E-state index is 5.66. The highest BCUT2D eigenvalue weighted by Crippen LogP contribution is 2.20. The van der Waals surface area contributed by atoms with Gasteiger partial charge < -0.3 is 15.0 Å². The zero-order valence-electron chi connectivity index (χ0n) is 11.6. The van der Waals surface area contributed by atoms with Crippen LogP contribution in [0, 0.1) is 0 Å². The van der Waals surface area contributed by atoms with Crippen LogP contribution in [-0.2, 0) is 6.42 Å². The van der Waals surface area contributed by atoms with Crippen LogP contribution >= 0.6 is 0 Å². The molecule has 0 aliphatic rings. The van der Waals surface area contributed by atoms with Gasteiger partial charge in [-0.15, -0.1) is 0 Å². The van der Waals surface area contributed by atoms with Crippen molar-refractivity contribution in [2.45, 2.75) is 6.42 Å². The molecule has 21 heavy (non-hydrogen) atoms. The summed E-state index contributed by atoms with van der Waals surface area (Å²) in [6, 6.07) is 15.1. The Morgan fingerprint density at radius 1 is 1.14 bits per heavy atom. The predicted octanol–water partition coefficient (Wildman–Crippen LogP) is 2.92. The molecule has 5 nitrogen and oxygen atoms in total. The van der Waals surface area contributed by atoms with Crippen molar-refractivity contribution in [1.29, 1.82) is 0 Å². The average molecular weight is 281 g/mol. The van der Waals surface area contributed by atoms with E-state index >= 15 is 0 Å². The Morgan fingerprint density at radius 3 is 2.71 bits per heavy atom. The summed E-state index contributed by atoms with van der Waals surface area (Å²) in [5.74, 6) is 1.94. The molecule has 0 atom stereocenters. The first-order chi connectivity index (χ1) is 10.2. The fraction of sp³-hybridized carbons (Fsp3) is 0.125. The normalized spacial score (nSPS) is 10.5. The molecule has 0 radical (unpaired) electrons. The third-order valence-corrected chi connectivity index (χ3v) is 3.12. The summed E-state index contributed by atoms with van der Waals surface area (Å²) in [5.41, 5.74) is 8.29. The summed E-state index contributed by atoms with van der Waals surface area (Å²) >= 11 is 0. The van der Waals surface area contributed by atoms with Crippen molar-refractivity contribution >= 4 is 5.69 Å². The topological polar surface area (TPSA) is 74.2 Å². The zero-order valence-corrected chi connectivity index (χ0v) is 11.6. The van der Waals surface area contributed by atoms with Gasteiger partial charge in [0.25, 0.3) is 5.89 Å². The number of nitrogens with zero attached hydrogens (tertiary/aromatic N) is 2. The number of nitrogen functional groups attached to an aromatic ring is 1. The smallest absolute Gasteiger partial charge is 0.257 e. The van der Waals surface area contributed by atoms with Gasteiger partial charge in [0.15, 0.2) is 5.82 Å². The molecule has 5 heteroatoms. The summed E-state index contributed by atoms with van der Waals surface area (Å²) in [7, 11) is 1.65. The molecule has 0 aliphatic heterocycles. The first-order valence-electron chi connectivity index (χ1n) is 6.56. The number of hydrogen-bond donors (Lipinski definition) is 1. The summed E-state index contributed by atoms with van der Waals surface area (Å²) in [4.78, 5) is 4.40. The van der Waals surface area contributed by atoms with E-state index in [1.165, 1.54) is 0 Å². The summed E-state index contributed by atoms with van der Waals surface area (Å²) < 4.78 is 10.5. The van der Waals surface area contributed by atoms with Gasteiger partial charge in [-0.05, 0) is 42.0 Å². The Kier molecular flexibility index (Phi) is 3.55.